The fourth-order valence-electron chi connectivity index (χ4n) is 2.03. The van der Waals surface area contributed by atoms with E-state index in [9.17, 15) is 4.79 Å². The molecule has 104 valence electrons. The molecule has 0 amide bonds. The summed E-state index contributed by atoms with van der Waals surface area (Å²) in [7, 11) is 0. The number of carbonyl (C=O) groups excluding carboxylic acids is 1. The summed E-state index contributed by atoms with van der Waals surface area (Å²) >= 11 is 12.1. The van der Waals surface area contributed by atoms with E-state index >= 15 is 0 Å². The molecule has 0 saturated heterocycles. The molecule has 2 nitrogen and oxygen atoms in total. The molecule has 1 aliphatic rings. The smallest absolute Gasteiger partial charge is 0.343 e. The first-order valence-electron chi connectivity index (χ1n) is 6.30. The summed E-state index contributed by atoms with van der Waals surface area (Å²) in [5, 5.41) is 0.866. The summed E-state index contributed by atoms with van der Waals surface area (Å²) in [5.74, 6) is 0.134. The number of halogens is 2. The summed E-state index contributed by atoms with van der Waals surface area (Å²) in [6.45, 7) is 0. The summed E-state index contributed by atoms with van der Waals surface area (Å²) in [6.07, 6.45) is 3.38. The molecule has 0 bridgehead atoms. The van der Waals surface area contributed by atoms with Gasteiger partial charge in [0, 0.05) is 5.56 Å². The van der Waals surface area contributed by atoms with Crippen molar-refractivity contribution in [1.82, 2.24) is 0 Å². The number of esters is 1. The van der Waals surface area contributed by atoms with Crippen molar-refractivity contribution < 1.29 is 9.53 Å². The molecule has 3 rings (SSSR count). The van der Waals surface area contributed by atoms with Gasteiger partial charge in [0.1, 0.15) is 5.76 Å². The van der Waals surface area contributed by atoms with Crippen LogP contribution in [0.1, 0.15) is 11.1 Å². The second kappa shape index (κ2) is 5.76. The highest BCUT2D eigenvalue weighted by Crippen LogP contribution is 2.31. The number of hydrogen-bond donors (Lipinski definition) is 0. The molecule has 2 aromatic rings. The zero-order valence-electron chi connectivity index (χ0n) is 10.8. The maximum atomic E-state index is 11.9. The molecule has 0 fully saturated rings. The van der Waals surface area contributed by atoms with Gasteiger partial charge in [-0.1, -0.05) is 65.7 Å². The van der Waals surface area contributed by atoms with Crippen molar-refractivity contribution in [2.45, 2.75) is 0 Å². The van der Waals surface area contributed by atoms with Gasteiger partial charge in [0.15, 0.2) is 0 Å². The summed E-state index contributed by atoms with van der Waals surface area (Å²) < 4.78 is 5.28. The Morgan fingerprint density at radius 2 is 1.71 bits per heavy atom. The van der Waals surface area contributed by atoms with Crippen LogP contribution in [0.5, 0.6) is 0 Å². The van der Waals surface area contributed by atoms with Crippen LogP contribution in [-0.4, -0.2) is 5.97 Å². The van der Waals surface area contributed by atoms with E-state index < -0.39 is 5.97 Å². The summed E-state index contributed by atoms with van der Waals surface area (Å²) in [6, 6.07) is 14.7. The lowest BCUT2D eigenvalue weighted by atomic mass is 10.1. The molecule has 0 N–H and O–H groups in total. The lowest BCUT2D eigenvalue weighted by Crippen LogP contribution is -1.97. The number of ether oxygens (including phenoxy) is 1. The third kappa shape index (κ3) is 2.87. The lowest BCUT2D eigenvalue weighted by molar-refractivity contribution is -0.130. The summed E-state index contributed by atoms with van der Waals surface area (Å²) in [5.41, 5.74) is 1.98. The van der Waals surface area contributed by atoms with Gasteiger partial charge in [-0.2, -0.15) is 0 Å². The molecule has 21 heavy (non-hydrogen) atoms. The van der Waals surface area contributed by atoms with Crippen LogP contribution < -0.4 is 0 Å². The molecule has 0 aliphatic carbocycles. The Kier molecular flexibility index (Phi) is 3.82. The van der Waals surface area contributed by atoms with Gasteiger partial charge in [-0.3, -0.25) is 0 Å². The Bertz CT molecular complexity index is 762. The van der Waals surface area contributed by atoms with Gasteiger partial charge in [0.25, 0.3) is 0 Å². The van der Waals surface area contributed by atoms with Gasteiger partial charge in [0.05, 0.1) is 15.6 Å². The number of cyclic esters (lactones) is 1. The predicted octanol–water partition coefficient (Wildman–Crippen LogP) is 4.97. The Hall–Kier alpha value is -2.03. The molecule has 0 spiro atoms. The van der Waals surface area contributed by atoms with Crippen LogP contribution in [-0.2, 0) is 9.53 Å². The van der Waals surface area contributed by atoms with Crippen LogP contribution in [0.2, 0.25) is 10.0 Å². The van der Waals surface area contributed by atoms with Crippen molar-refractivity contribution in [2.24, 2.45) is 0 Å². The van der Waals surface area contributed by atoms with E-state index in [4.69, 9.17) is 27.9 Å². The van der Waals surface area contributed by atoms with Crippen LogP contribution in [0.15, 0.2) is 60.2 Å². The SMILES string of the molecule is O=C1OC(c2ccccc2)=C/C1=C/c1cccc(Cl)c1Cl. The molecular weight excluding hydrogens is 307 g/mol. The Balaban J connectivity index is 1.99. The van der Waals surface area contributed by atoms with E-state index in [-0.39, 0.29) is 0 Å². The maximum Gasteiger partial charge on any atom is 0.343 e. The van der Waals surface area contributed by atoms with E-state index in [0.717, 1.165) is 5.56 Å². The minimum absolute atomic E-state index is 0.398. The zero-order chi connectivity index (χ0) is 14.8. The molecular formula is C17H10Cl2O2. The van der Waals surface area contributed by atoms with E-state index in [0.29, 0.717) is 26.9 Å². The first-order valence-corrected chi connectivity index (χ1v) is 7.06. The highest BCUT2D eigenvalue weighted by Gasteiger charge is 2.22. The highest BCUT2D eigenvalue weighted by molar-refractivity contribution is 6.43. The van der Waals surface area contributed by atoms with Crippen molar-refractivity contribution in [1.29, 1.82) is 0 Å². The number of rotatable bonds is 2. The summed E-state index contributed by atoms with van der Waals surface area (Å²) in [4.78, 5) is 11.9. The maximum absolute atomic E-state index is 11.9. The van der Waals surface area contributed by atoms with Gasteiger partial charge in [-0.15, -0.1) is 0 Å². The molecule has 0 unspecified atom stereocenters. The second-order valence-electron chi connectivity index (χ2n) is 4.51. The first kappa shape index (κ1) is 13.9. The van der Waals surface area contributed by atoms with Gasteiger partial charge in [0.2, 0.25) is 0 Å². The largest absolute Gasteiger partial charge is 0.422 e. The number of hydrogen-bond acceptors (Lipinski definition) is 2. The first-order chi connectivity index (χ1) is 10.1. The number of benzene rings is 2. The predicted molar refractivity (Wildman–Crippen MR) is 85.0 cm³/mol. The van der Waals surface area contributed by atoms with Gasteiger partial charge >= 0.3 is 5.97 Å². The van der Waals surface area contributed by atoms with Crippen molar-refractivity contribution >= 4 is 41.0 Å². The van der Waals surface area contributed by atoms with Crippen molar-refractivity contribution in [3.8, 4) is 0 Å². The van der Waals surface area contributed by atoms with E-state index in [1.54, 1.807) is 30.4 Å². The quantitative estimate of drug-likeness (QED) is 0.577. The van der Waals surface area contributed by atoms with Crippen LogP contribution >= 0.6 is 23.2 Å². The monoisotopic (exact) mass is 316 g/mol. The van der Waals surface area contributed by atoms with Crippen molar-refractivity contribution in [2.75, 3.05) is 0 Å². The topological polar surface area (TPSA) is 26.3 Å². The van der Waals surface area contributed by atoms with Crippen LogP contribution in [0.4, 0.5) is 0 Å². The Morgan fingerprint density at radius 1 is 0.952 bits per heavy atom. The minimum Gasteiger partial charge on any atom is -0.422 e. The molecule has 1 aliphatic heterocycles. The van der Waals surface area contributed by atoms with Crippen LogP contribution in [0, 0.1) is 0 Å². The van der Waals surface area contributed by atoms with Crippen LogP contribution in [0.25, 0.3) is 11.8 Å². The lowest BCUT2D eigenvalue weighted by Gasteiger charge is -2.01. The molecule has 0 aromatic heterocycles. The normalized spacial score (nSPS) is 16.0. The second-order valence-corrected chi connectivity index (χ2v) is 5.29. The van der Waals surface area contributed by atoms with Crippen LogP contribution in [0.3, 0.4) is 0 Å². The number of carbonyl (C=O) groups is 1. The molecule has 2 aromatic carbocycles. The Morgan fingerprint density at radius 3 is 2.48 bits per heavy atom. The zero-order valence-corrected chi connectivity index (χ0v) is 12.4. The average Bonchev–Trinajstić information content (AvgIpc) is 2.86. The molecule has 0 saturated carbocycles. The van der Waals surface area contributed by atoms with E-state index in [1.807, 2.05) is 30.3 Å². The fourth-order valence-corrected chi connectivity index (χ4v) is 2.40. The molecule has 1 heterocycles. The standard InChI is InChI=1S/C17H10Cl2O2/c18-14-8-4-7-12(16(14)19)9-13-10-15(21-17(13)20)11-5-2-1-3-6-11/h1-10H/b13-9-. The molecule has 0 radical (unpaired) electrons. The van der Waals surface area contributed by atoms with E-state index in [2.05, 4.69) is 0 Å². The highest BCUT2D eigenvalue weighted by atomic mass is 35.5. The van der Waals surface area contributed by atoms with Gasteiger partial charge in [-0.05, 0) is 23.8 Å². The van der Waals surface area contributed by atoms with E-state index in [1.165, 1.54) is 0 Å². The third-order valence-corrected chi connectivity index (χ3v) is 3.91. The fraction of sp³-hybridized carbons (Fsp3) is 0. The average molecular weight is 317 g/mol. The van der Waals surface area contributed by atoms with Crippen molar-refractivity contribution in [3.63, 3.8) is 0 Å². The molecule has 0 atom stereocenters. The minimum atomic E-state index is -0.398. The van der Waals surface area contributed by atoms with Crippen molar-refractivity contribution in [3.05, 3.63) is 81.4 Å². The molecule has 4 heteroatoms. The third-order valence-electron chi connectivity index (χ3n) is 3.08. The Labute approximate surface area is 132 Å². The van der Waals surface area contributed by atoms with Gasteiger partial charge < -0.3 is 4.74 Å². The van der Waals surface area contributed by atoms with Gasteiger partial charge in [-0.25, -0.2) is 4.79 Å².